The summed E-state index contributed by atoms with van der Waals surface area (Å²) in [6.07, 6.45) is 7.61. The second kappa shape index (κ2) is 6.72. The Hall–Kier alpha value is -2.22. The van der Waals surface area contributed by atoms with Crippen molar-refractivity contribution in [1.82, 2.24) is 0 Å². The van der Waals surface area contributed by atoms with Crippen LogP contribution in [-0.2, 0) is 4.79 Å². The van der Waals surface area contributed by atoms with Crippen LogP contribution in [-0.4, -0.2) is 12.0 Å². The molecule has 0 unspecified atom stereocenters. The number of carbonyl (C=O) groups is 1. The topological polar surface area (TPSA) is 29.4 Å². The lowest BCUT2D eigenvalue weighted by atomic mass is 9.72. The standard InChI is InChI=1S/C22H27NO/c1-21(2,3)18-12-17(13-19(20(18)24)22(4,5)6)15-23-14-16-10-8-7-9-11-16/h7-15H,1-6H3. The van der Waals surface area contributed by atoms with E-state index >= 15 is 0 Å². The van der Waals surface area contributed by atoms with Gasteiger partial charge in [-0.3, -0.25) is 9.79 Å². The number of ketones is 1. The molecule has 24 heavy (non-hydrogen) atoms. The van der Waals surface area contributed by atoms with Gasteiger partial charge in [0, 0.05) is 23.6 Å². The first-order valence-corrected chi connectivity index (χ1v) is 8.36. The molecule has 1 aliphatic carbocycles. The Morgan fingerprint density at radius 2 is 1.33 bits per heavy atom. The Bertz CT molecular complexity index is 696. The third kappa shape index (κ3) is 4.41. The molecule has 0 N–H and O–H groups in total. The lowest BCUT2D eigenvalue weighted by Crippen LogP contribution is -2.27. The summed E-state index contributed by atoms with van der Waals surface area (Å²) >= 11 is 0. The van der Waals surface area contributed by atoms with Gasteiger partial charge in [-0.2, -0.15) is 0 Å². The number of Topliss-reactive ketones (excluding diaryl/α,β-unsaturated/α-hetero) is 1. The minimum atomic E-state index is -0.190. The van der Waals surface area contributed by atoms with Crippen LogP contribution >= 0.6 is 0 Å². The van der Waals surface area contributed by atoms with Crippen molar-refractivity contribution in [3.63, 3.8) is 0 Å². The van der Waals surface area contributed by atoms with Gasteiger partial charge in [0.25, 0.3) is 0 Å². The minimum absolute atomic E-state index is 0.152. The van der Waals surface area contributed by atoms with E-state index < -0.39 is 0 Å². The molecule has 126 valence electrons. The average Bonchev–Trinajstić information content (AvgIpc) is 2.47. The van der Waals surface area contributed by atoms with Gasteiger partial charge in [0.2, 0.25) is 0 Å². The highest BCUT2D eigenvalue weighted by Gasteiger charge is 2.33. The number of rotatable bonds is 2. The first-order chi connectivity index (χ1) is 11.1. The van der Waals surface area contributed by atoms with Crippen LogP contribution in [0.3, 0.4) is 0 Å². The van der Waals surface area contributed by atoms with E-state index in [4.69, 9.17) is 0 Å². The Morgan fingerprint density at radius 3 is 1.79 bits per heavy atom. The largest absolute Gasteiger partial charge is 0.289 e. The van der Waals surface area contributed by atoms with E-state index in [0.29, 0.717) is 0 Å². The lowest BCUT2D eigenvalue weighted by molar-refractivity contribution is -0.114. The summed E-state index contributed by atoms with van der Waals surface area (Å²) in [5.74, 6) is 0.152. The van der Waals surface area contributed by atoms with Gasteiger partial charge in [-0.1, -0.05) is 71.9 Å². The zero-order chi connectivity index (χ0) is 18.0. The van der Waals surface area contributed by atoms with Gasteiger partial charge in [0.1, 0.15) is 0 Å². The highest BCUT2D eigenvalue weighted by molar-refractivity contribution is 6.11. The number of hydrogen-bond acceptors (Lipinski definition) is 2. The molecular formula is C22H27NO. The van der Waals surface area contributed by atoms with Crippen molar-refractivity contribution in [2.45, 2.75) is 41.5 Å². The van der Waals surface area contributed by atoms with Gasteiger partial charge < -0.3 is 0 Å². The smallest absolute Gasteiger partial charge is 0.186 e. The monoisotopic (exact) mass is 321 g/mol. The summed E-state index contributed by atoms with van der Waals surface area (Å²) in [7, 11) is 0. The number of aliphatic imine (C=N–C) groups is 1. The molecule has 2 rings (SSSR count). The molecule has 0 amide bonds. The maximum absolute atomic E-state index is 12.9. The van der Waals surface area contributed by atoms with Crippen LogP contribution in [0.25, 0.3) is 0 Å². The van der Waals surface area contributed by atoms with E-state index in [1.165, 1.54) is 0 Å². The van der Waals surface area contributed by atoms with Crippen LogP contribution in [0.15, 0.2) is 70.4 Å². The number of hydrogen-bond donors (Lipinski definition) is 0. The third-order valence-electron chi connectivity index (χ3n) is 3.97. The number of carbonyl (C=O) groups excluding carboxylic acids is 1. The van der Waals surface area contributed by atoms with Crippen molar-refractivity contribution < 1.29 is 4.79 Å². The summed E-state index contributed by atoms with van der Waals surface area (Å²) in [5.41, 5.74) is 3.33. The van der Waals surface area contributed by atoms with E-state index in [9.17, 15) is 4.79 Å². The van der Waals surface area contributed by atoms with Crippen molar-refractivity contribution in [2.24, 2.45) is 15.8 Å². The van der Waals surface area contributed by atoms with Crippen LogP contribution in [0.1, 0.15) is 47.1 Å². The molecule has 2 heteroatoms. The first-order valence-electron chi connectivity index (χ1n) is 8.36. The van der Waals surface area contributed by atoms with E-state index in [-0.39, 0.29) is 16.6 Å². The molecule has 0 saturated heterocycles. The molecule has 0 bridgehead atoms. The molecule has 0 radical (unpaired) electrons. The molecule has 1 aromatic carbocycles. The molecule has 0 heterocycles. The van der Waals surface area contributed by atoms with Gasteiger partial charge in [0.05, 0.1) is 0 Å². The van der Waals surface area contributed by atoms with Crippen molar-refractivity contribution in [3.8, 4) is 0 Å². The fourth-order valence-corrected chi connectivity index (χ4v) is 2.59. The van der Waals surface area contributed by atoms with Crippen LogP contribution in [0, 0.1) is 10.8 Å². The quantitative estimate of drug-likeness (QED) is 0.660. The maximum atomic E-state index is 12.9. The Morgan fingerprint density at radius 1 is 0.833 bits per heavy atom. The molecule has 1 aromatic rings. The van der Waals surface area contributed by atoms with E-state index in [2.05, 4.69) is 46.5 Å². The molecule has 2 nitrogen and oxygen atoms in total. The highest BCUT2D eigenvalue weighted by atomic mass is 16.1. The Labute approximate surface area is 145 Å². The average molecular weight is 321 g/mol. The van der Waals surface area contributed by atoms with Crippen molar-refractivity contribution in [2.75, 3.05) is 0 Å². The summed E-state index contributed by atoms with van der Waals surface area (Å²) in [5, 5.41) is 0. The SMILES string of the molecule is CC(C)(C)C1=CC(=CN=Cc2ccccc2)C=C(C(C)(C)C)C1=O. The summed E-state index contributed by atoms with van der Waals surface area (Å²) in [4.78, 5) is 17.3. The molecule has 0 atom stereocenters. The van der Waals surface area contributed by atoms with E-state index in [1.807, 2.05) is 54.9 Å². The summed E-state index contributed by atoms with van der Waals surface area (Å²) in [6, 6.07) is 9.99. The minimum Gasteiger partial charge on any atom is -0.289 e. The fourth-order valence-electron chi connectivity index (χ4n) is 2.59. The van der Waals surface area contributed by atoms with Crippen LogP contribution in [0.5, 0.6) is 0 Å². The molecule has 0 aromatic heterocycles. The lowest BCUT2D eigenvalue weighted by Gasteiger charge is -2.31. The van der Waals surface area contributed by atoms with Crippen molar-refractivity contribution >= 4 is 12.0 Å². The molecule has 0 fully saturated rings. The first kappa shape index (κ1) is 18.1. The van der Waals surface area contributed by atoms with Crippen LogP contribution < -0.4 is 0 Å². The molecule has 1 aliphatic rings. The van der Waals surface area contributed by atoms with Crippen LogP contribution in [0.4, 0.5) is 0 Å². The number of benzene rings is 1. The summed E-state index contributed by atoms with van der Waals surface area (Å²) in [6.45, 7) is 12.5. The normalized spacial score (nSPS) is 16.2. The zero-order valence-electron chi connectivity index (χ0n) is 15.6. The predicted molar refractivity (Wildman–Crippen MR) is 102 cm³/mol. The Kier molecular flexibility index (Phi) is 5.08. The third-order valence-corrected chi connectivity index (χ3v) is 3.97. The van der Waals surface area contributed by atoms with Gasteiger partial charge >= 0.3 is 0 Å². The van der Waals surface area contributed by atoms with Gasteiger partial charge in [-0.05, 0) is 34.1 Å². The second-order valence-corrected chi connectivity index (χ2v) is 8.26. The zero-order valence-corrected chi connectivity index (χ0v) is 15.6. The molecule has 0 spiro atoms. The fraction of sp³-hybridized carbons (Fsp3) is 0.364. The Balaban J connectivity index is 2.41. The second-order valence-electron chi connectivity index (χ2n) is 8.26. The van der Waals surface area contributed by atoms with Gasteiger partial charge in [0.15, 0.2) is 5.78 Å². The molecule has 0 saturated carbocycles. The molecule has 0 aliphatic heterocycles. The van der Waals surface area contributed by atoms with E-state index in [0.717, 1.165) is 22.3 Å². The highest BCUT2D eigenvalue weighted by Crippen LogP contribution is 2.38. The summed E-state index contributed by atoms with van der Waals surface area (Å²) < 4.78 is 0. The van der Waals surface area contributed by atoms with Crippen molar-refractivity contribution in [1.29, 1.82) is 0 Å². The van der Waals surface area contributed by atoms with Gasteiger partial charge in [-0.15, -0.1) is 0 Å². The molecular weight excluding hydrogens is 294 g/mol. The van der Waals surface area contributed by atoms with E-state index in [1.54, 1.807) is 0 Å². The maximum Gasteiger partial charge on any atom is 0.186 e. The number of nitrogens with zero attached hydrogens (tertiary/aromatic N) is 1. The van der Waals surface area contributed by atoms with Crippen LogP contribution in [0.2, 0.25) is 0 Å². The number of allylic oxidation sites excluding steroid dienone is 5. The predicted octanol–water partition coefficient (Wildman–Crippen LogP) is 5.52. The van der Waals surface area contributed by atoms with Crippen molar-refractivity contribution in [3.05, 3.63) is 71.0 Å². The van der Waals surface area contributed by atoms with Gasteiger partial charge in [-0.25, -0.2) is 0 Å².